The quantitative estimate of drug-likeness (QED) is 0.352. The molecule has 0 saturated carbocycles. The third-order valence-corrected chi connectivity index (χ3v) is 5.34. The van der Waals surface area contributed by atoms with Crippen LogP contribution in [0.2, 0.25) is 0 Å². The fraction of sp³-hybridized carbons (Fsp3) is 0.333. The molecular weight excluding hydrogens is 470 g/mol. The van der Waals surface area contributed by atoms with Gasteiger partial charge in [-0.25, -0.2) is 5.43 Å². The SMILES string of the molecule is COc1ccc(/C=N/Nc2nc(Nc3cc(C)ccc3C)nc(N3CCOCC3)n2)cc1OC.Cl. The Morgan fingerprint density at radius 1 is 0.943 bits per heavy atom. The summed E-state index contributed by atoms with van der Waals surface area (Å²) in [5.41, 5.74) is 6.95. The number of rotatable bonds is 8. The van der Waals surface area contributed by atoms with E-state index in [0.29, 0.717) is 55.6 Å². The Morgan fingerprint density at radius 2 is 1.69 bits per heavy atom. The number of nitrogens with zero attached hydrogens (tertiary/aromatic N) is 5. The van der Waals surface area contributed by atoms with Gasteiger partial charge in [-0.1, -0.05) is 12.1 Å². The van der Waals surface area contributed by atoms with Crippen molar-refractivity contribution in [2.45, 2.75) is 13.8 Å². The molecule has 0 spiro atoms. The van der Waals surface area contributed by atoms with E-state index in [0.717, 1.165) is 22.4 Å². The summed E-state index contributed by atoms with van der Waals surface area (Å²) in [4.78, 5) is 15.8. The first kappa shape index (κ1) is 26.0. The molecule has 10 nitrogen and oxygen atoms in total. The van der Waals surface area contributed by atoms with Crippen molar-refractivity contribution in [2.24, 2.45) is 5.10 Å². The van der Waals surface area contributed by atoms with Crippen LogP contribution in [0.5, 0.6) is 11.5 Å². The molecule has 2 aromatic carbocycles. The van der Waals surface area contributed by atoms with Crippen molar-refractivity contribution >= 4 is 42.2 Å². The van der Waals surface area contributed by atoms with E-state index in [-0.39, 0.29) is 12.4 Å². The lowest BCUT2D eigenvalue weighted by molar-refractivity contribution is 0.122. The van der Waals surface area contributed by atoms with Gasteiger partial charge in [0, 0.05) is 18.8 Å². The van der Waals surface area contributed by atoms with Crippen LogP contribution in [0.4, 0.5) is 23.5 Å². The molecule has 0 bridgehead atoms. The van der Waals surface area contributed by atoms with Gasteiger partial charge < -0.3 is 24.4 Å². The second-order valence-electron chi connectivity index (χ2n) is 7.81. The van der Waals surface area contributed by atoms with E-state index in [2.05, 4.69) is 53.9 Å². The summed E-state index contributed by atoms with van der Waals surface area (Å²) in [5.74, 6) is 2.62. The predicted molar refractivity (Wildman–Crippen MR) is 140 cm³/mol. The number of hydrogen-bond donors (Lipinski definition) is 2. The van der Waals surface area contributed by atoms with Crippen molar-refractivity contribution in [3.05, 3.63) is 53.1 Å². The number of nitrogens with one attached hydrogen (secondary N) is 2. The first-order chi connectivity index (χ1) is 16.6. The Labute approximate surface area is 211 Å². The lowest BCUT2D eigenvalue weighted by atomic mass is 10.1. The Balaban J connectivity index is 0.00000342. The highest BCUT2D eigenvalue weighted by molar-refractivity contribution is 5.85. The van der Waals surface area contributed by atoms with Gasteiger partial charge in [0.05, 0.1) is 33.6 Å². The molecule has 1 aliphatic heterocycles. The number of aryl methyl sites for hydroxylation is 2. The van der Waals surface area contributed by atoms with Gasteiger partial charge in [-0.15, -0.1) is 12.4 Å². The Bertz CT molecular complexity index is 1170. The van der Waals surface area contributed by atoms with Gasteiger partial charge in [0.2, 0.25) is 17.8 Å². The second-order valence-corrected chi connectivity index (χ2v) is 7.81. The maximum atomic E-state index is 5.47. The molecule has 186 valence electrons. The zero-order valence-corrected chi connectivity index (χ0v) is 21.1. The van der Waals surface area contributed by atoms with Gasteiger partial charge in [0.25, 0.3) is 0 Å². The fourth-order valence-electron chi connectivity index (χ4n) is 3.46. The average molecular weight is 500 g/mol. The molecular formula is C24H30ClN7O3. The Hall–Kier alpha value is -3.63. The largest absolute Gasteiger partial charge is 0.493 e. The molecule has 1 aliphatic rings. The number of benzene rings is 2. The highest BCUT2D eigenvalue weighted by atomic mass is 35.5. The summed E-state index contributed by atoms with van der Waals surface area (Å²) in [6.07, 6.45) is 1.66. The molecule has 11 heteroatoms. The molecule has 1 saturated heterocycles. The van der Waals surface area contributed by atoms with Crippen molar-refractivity contribution in [1.29, 1.82) is 0 Å². The lowest BCUT2D eigenvalue weighted by Gasteiger charge is -2.27. The molecule has 0 atom stereocenters. The van der Waals surface area contributed by atoms with Crippen molar-refractivity contribution < 1.29 is 14.2 Å². The topological polar surface area (TPSA) is 106 Å². The predicted octanol–water partition coefficient (Wildman–Crippen LogP) is 3.95. The maximum absolute atomic E-state index is 5.47. The molecule has 2 heterocycles. The van der Waals surface area contributed by atoms with Crippen LogP contribution in [0.15, 0.2) is 41.5 Å². The molecule has 0 amide bonds. The number of hydrogen-bond acceptors (Lipinski definition) is 10. The average Bonchev–Trinajstić information content (AvgIpc) is 2.86. The lowest BCUT2D eigenvalue weighted by Crippen LogP contribution is -2.37. The van der Waals surface area contributed by atoms with Crippen molar-refractivity contribution in [3.8, 4) is 11.5 Å². The van der Waals surface area contributed by atoms with Gasteiger partial charge in [-0.2, -0.15) is 20.1 Å². The molecule has 1 fully saturated rings. The van der Waals surface area contributed by atoms with Crippen LogP contribution < -0.4 is 25.1 Å². The molecule has 0 aliphatic carbocycles. The monoisotopic (exact) mass is 499 g/mol. The van der Waals surface area contributed by atoms with E-state index in [4.69, 9.17) is 14.2 Å². The molecule has 4 rings (SSSR count). The van der Waals surface area contributed by atoms with Crippen LogP contribution in [-0.4, -0.2) is 61.7 Å². The van der Waals surface area contributed by atoms with Gasteiger partial charge in [-0.05, 0) is 54.8 Å². The number of ether oxygens (including phenoxy) is 3. The van der Waals surface area contributed by atoms with Gasteiger partial charge in [0.1, 0.15) is 0 Å². The third kappa shape index (κ3) is 6.71. The van der Waals surface area contributed by atoms with Crippen molar-refractivity contribution in [3.63, 3.8) is 0 Å². The number of anilines is 4. The molecule has 0 radical (unpaired) electrons. The summed E-state index contributed by atoms with van der Waals surface area (Å²) in [7, 11) is 3.20. The van der Waals surface area contributed by atoms with Gasteiger partial charge in [-0.3, -0.25) is 0 Å². The molecule has 1 aromatic heterocycles. The third-order valence-electron chi connectivity index (χ3n) is 5.34. The van der Waals surface area contributed by atoms with E-state index >= 15 is 0 Å². The smallest absolute Gasteiger partial charge is 0.250 e. The minimum Gasteiger partial charge on any atom is -0.493 e. The van der Waals surface area contributed by atoms with E-state index in [1.807, 2.05) is 32.0 Å². The number of hydrazone groups is 1. The Kier molecular flexibility index (Phi) is 9.04. The van der Waals surface area contributed by atoms with Gasteiger partial charge in [0.15, 0.2) is 11.5 Å². The maximum Gasteiger partial charge on any atom is 0.250 e. The van der Waals surface area contributed by atoms with Crippen molar-refractivity contribution in [1.82, 2.24) is 15.0 Å². The van der Waals surface area contributed by atoms with Crippen LogP contribution in [0, 0.1) is 13.8 Å². The van der Waals surface area contributed by atoms with Crippen LogP contribution in [0.3, 0.4) is 0 Å². The molecule has 0 unspecified atom stereocenters. The number of aromatic nitrogens is 3. The van der Waals surface area contributed by atoms with Crippen LogP contribution in [0.1, 0.15) is 16.7 Å². The summed E-state index contributed by atoms with van der Waals surface area (Å²) < 4.78 is 16.1. The highest BCUT2D eigenvalue weighted by Crippen LogP contribution is 2.27. The zero-order valence-electron chi connectivity index (χ0n) is 20.2. The summed E-state index contributed by atoms with van der Waals surface area (Å²) in [5, 5.41) is 7.64. The second kappa shape index (κ2) is 12.2. The fourth-order valence-corrected chi connectivity index (χ4v) is 3.46. The first-order valence-corrected chi connectivity index (χ1v) is 11.0. The Morgan fingerprint density at radius 3 is 2.43 bits per heavy atom. The minimum absolute atomic E-state index is 0. The van der Waals surface area contributed by atoms with E-state index < -0.39 is 0 Å². The summed E-state index contributed by atoms with van der Waals surface area (Å²) in [6, 6.07) is 11.7. The van der Waals surface area contributed by atoms with E-state index in [9.17, 15) is 0 Å². The van der Waals surface area contributed by atoms with Crippen molar-refractivity contribution in [2.75, 3.05) is 56.2 Å². The van der Waals surface area contributed by atoms with Crippen LogP contribution >= 0.6 is 12.4 Å². The van der Waals surface area contributed by atoms with Gasteiger partial charge >= 0.3 is 0 Å². The number of methoxy groups -OCH3 is 2. The highest BCUT2D eigenvalue weighted by Gasteiger charge is 2.17. The normalized spacial score (nSPS) is 13.3. The first-order valence-electron chi connectivity index (χ1n) is 11.0. The molecule has 2 N–H and O–H groups in total. The number of morpholine rings is 1. The van der Waals surface area contributed by atoms with Crippen LogP contribution in [-0.2, 0) is 4.74 Å². The zero-order chi connectivity index (χ0) is 23.9. The van der Waals surface area contributed by atoms with E-state index in [1.165, 1.54) is 0 Å². The molecule has 3 aromatic rings. The standard InChI is InChI=1S/C24H29N7O3.ClH/c1-16-5-6-17(2)19(13-16)26-22-27-23(29-24(28-22)31-9-11-34-12-10-31)30-25-15-18-7-8-20(32-3)21(14-18)33-4;/h5-8,13-15H,9-12H2,1-4H3,(H2,26,27,28,29,30);1H/b25-15+;. The van der Waals surface area contributed by atoms with E-state index in [1.54, 1.807) is 20.4 Å². The number of halogens is 1. The minimum atomic E-state index is 0. The summed E-state index contributed by atoms with van der Waals surface area (Å²) >= 11 is 0. The summed E-state index contributed by atoms with van der Waals surface area (Å²) in [6.45, 7) is 6.77. The molecule has 35 heavy (non-hydrogen) atoms. The van der Waals surface area contributed by atoms with Crippen LogP contribution in [0.25, 0.3) is 0 Å².